The van der Waals surface area contributed by atoms with Gasteiger partial charge in [0, 0.05) is 6.42 Å². The summed E-state index contributed by atoms with van der Waals surface area (Å²) in [5.74, 6) is -0.839. The highest BCUT2D eigenvalue weighted by atomic mass is 79.9. The van der Waals surface area contributed by atoms with Crippen molar-refractivity contribution in [3.63, 3.8) is 0 Å². The molecule has 92 valence electrons. The Bertz CT molecular complexity index is 470. The lowest BCUT2D eigenvalue weighted by atomic mass is 9.95. The standard InChI is InChI=1S/C12H13BrO4/c1-2-3-7-4-6-5-8(14)10(13)11(15)9(6)12(16)17-7/h5,7,14-15H,2-4H2,1H3/t7-/m0/s1. The van der Waals surface area contributed by atoms with E-state index in [4.69, 9.17) is 4.74 Å². The number of aromatic hydroxyl groups is 2. The van der Waals surface area contributed by atoms with Crippen LogP contribution in [0.1, 0.15) is 35.7 Å². The van der Waals surface area contributed by atoms with Crippen LogP contribution in [0.25, 0.3) is 0 Å². The third-order valence-corrected chi connectivity index (χ3v) is 3.62. The van der Waals surface area contributed by atoms with E-state index in [1.165, 1.54) is 6.07 Å². The van der Waals surface area contributed by atoms with Crippen molar-refractivity contribution in [1.82, 2.24) is 0 Å². The third-order valence-electron chi connectivity index (χ3n) is 2.84. The molecule has 2 N–H and O–H groups in total. The number of hydrogen-bond donors (Lipinski definition) is 2. The molecule has 0 amide bonds. The van der Waals surface area contributed by atoms with E-state index in [9.17, 15) is 15.0 Å². The van der Waals surface area contributed by atoms with Gasteiger partial charge in [-0.2, -0.15) is 0 Å². The van der Waals surface area contributed by atoms with E-state index in [-0.39, 0.29) is 27.6 Å². The van der Waals surface area contributed by atoms with E-state index in [0.717, 1.165) is 12.8 Å². The molecule has 1 atom stereocenters. The molecule has 1 aliphatic rings. The monoisotopic (exact) mass is 300 g/mol. The maximum absolute atomic E-state index is 11.8. The predicted octanol–water partition coefficient (Wildman–Crippen LogP) is 2.74. The summed E-state index contributed by atoms with van der Waals surface area (Å²) >= 11 is 3.02. The SMILES string of the molecule is CCC[C@H]1Cc2cc(O)c(Br)c(O)c2C(=O)O1. The summed E-state index contributed by atoms with van der Waals surface area (Å²) in [5.41, 5.74) is 0.792. The number of halogens is 1. The molecule has 0 saturated carbocycles. The number of fused-ring (bicyclic) bond motifs is 1. The Labute approximate surface area is 107 Å². The number of cyclic esters (lactones) is 1. The maximum Gasteiger partial charge on any atom is 0.342 e. The Balaban J connectivity index is 2.45. The van der Waals surface area contributed by atoms with Gasteiger partial charge in [0.05, 0.1) is 0 Å². The van der Waals surface area contributed by atoms with Gasteiger partial charge in [0.2, 0.25) is 0 Å². The summed E-state index contributed by atoms with van der Waals surface area (Å²) in [6, 6.07) is 1.50. The van der Waals surface area contributed by atoms with Crippen LogP contribution in [-0.2, 0) is 11.2 Å². The molecular weight excluding hydrogens is 288 g/mol. The lowest BCUT2D eigenvalue weighted by molar-refractivity contribution is 0.0232. The summed E-state index contributed by atoms with van der Waals surface area (Å²) in [4.78, 5) is 11.8. The predicted molar refractivity (Wildman–Crippen MR) is 65.3 cm³/mol. The van der Waals surface area contributed by atoms with Crippen LogP contribution >= 0.6 is 15.9 Å². The minimum absolute atomic E-state index is 0.0637. The highest BCUT2D eigenvalue weighted by molar-refractivity contribution is 9.10. The van der Waals surface area contributed by atoms with Gasteiger partial charge in [-0.3, -0.25) is 0 Å². The molecule has 5 heteroatoms. The summed E-state index contributed by atoms with van der Waals surface area (Å²) in [5, 5.41) is 19.4. The number of benzene rings is 1. The second-order valence-corrected chi connectivity index (χ2v) is 4.91. The van der Waals surface area contributed by atoms with Crippen molar-refractivity contribution in [2.45, 2.75) is 32.3 Å². The Morgan fingerprint density at radius 1 is 1.53 bits per heavy atom. The van der Waals surface area contributed by atoms with Crippen LogP contribution in [0.3, 0.4) is 0 Å². The van der Waals surface area contributed by atoms with Crippen LogP contribution in [0, 0.1) is 0 Å². The number of carbonyl (C=O) groups excluding carboxylic acids is 1. The van der Waals surface area contributed by atoms with Gasteiger partial charge in [-0.25, -0.2) is 4.79 Å². The molecule has 0 aliphatic carbocycles. The van der Waals surface area contributed by atoms with Crippen molar-refractivity contribution < 1.29 is 19.7 Å². The van der Waals surface area contributed by atoms with Crippen LogP contribution < -0.4 is 0 Å². The van der Waals surface area contributed by atoms with Gasteiger partial charge in [0.25, 0.3) is 0 Å². The average Bonchev–Trinajstić information content (AvgIpc) is 2.25. The van der Waals surface area contributed by atoms with E-state index in [1.54, 1.807) is 0 Å². The zero-order chi connectivity index (χ0) is 12.6. The minimum atomic E-state index is -0.525. The van der Waals surface area contributed by atoms with Gasteiger partial charge >= 0.3 is 5.97 Å². The molecule has 17 heavy (non-hydrogen) atoms. The Morgan fingerprint density at radius 2 is 2.24 bits per heavy atom. The Hall–Kier alpha value is -1.23. The van der Waals surface area contributed by atoms with Crippen LogP contribution in [-0.4, -0.2) is 22.3 Å². The van der Waals surface area contributed by atoms with Gasteiger partial charge in [-0.15, -0.1) is 0 Å². The number of hydrogen-bond acceptors (Lipinski definition) is 4. The number of rotatable bonds is 2. The molecule has 0 bridgehead atoms. The highest BCUT2D eigenvalue weighted by Gasteiger charge is 2.30. The first-order valence-corrected chi connectivity index (χ1v) is 6.28. The van der Waals surface area contributed by atoms with Gasteiger partial charge in [-0.05, 0) is 34.0 Å². The number of ether oxygens (including phenoxy) is 1. The molecule has 4 nitrogen and oxygen atoms in total. The topological polar surface area (TPSA) is 66.8 Å². The Kier molecular flexibility index (Phi) is 3.28. The molecule has 0 aromatic heterocycles. The number of carbonyl (C=O) groups is 1. The van der Waals surface area contributed by atoms with E-state index < -0.39 is 5.97 Å². The smallest absolute Gasteiger partial charge is 0.342 e. The normalized spacial score (nSPS) is 18.7. The lowest BCUT2D eigenvalue weighted by Crippen LogP contribution is -2.27. The van der Waals surface area contributed by atoms with Crippen molar-refractivity contribution in [3.8, 4) is 11.5 Å². The fraction of sp³-hybridized carbons (Fsp3) is 0.417. The summed E-state index contributed by atoms with van der Waals surface area (Å²) in [7, 11) is 0. The van der Waals surface area contributed by atoms with Crippen molar-refractivity contribution in [1.29, 1.82) is 0 Å². The van der Waals surface area contributed by atoms with Crippen LogP contribution in [0.5, 0.6) is 11.5 Å². The molecule has 1 aliphatic heterocycles. The zero-order valence-electron chi connectivity index (χ0n) is 9.36. The molecule has 1 heterocycles. The second-order valence-electron chi connectivity index (χ2n) is 4.11. The van der Waals surface area contributed by atoms with Crippen LogP contribution in [0.4, 0.5) is 0 Å². The van der Waals surface area contributed by atoms with Crippen LogP contribution in [0.15, 0.2) is 10.5 Å². The second kappa shape index (κ2) is 4.56. The van der Waals surface area contributed by atoms with Crippen LogP contribution in [0.2, 0.25) is 0 Å². The van der Waals surface area contributed by atoms with Gasteiger partial charge in [0.15, 0.2) is 0 Å². The molecule has 2 rings (SSSR count). The number of esters is 1. The lowest BCUT2D eigenvalue weighted by Gasteiger charge is -2.25. The van der Waals surface area contributed by atoms with E-state index in [2.05, 4.69) is 15.9 Å². The fourth-order valence-electron chi connectivity index (χ4n) is 2.05. The summed E-state index contributed by atoms with van der Waals surface area (Å²) in [6.07, 6.45) is 2.06. The molecule has 0 saturated heterocycles. The van der Waals surface area contributed by atoms with Crippen molar-refractivity contribution in [2.75, 3.05) is 0 Å². The molecule has 0 unspecified atom stereocenters. The highest BCUT2D eigenvalue weighted by Crippen LogP contribution is 2.40. The van der Waals surface area contributed by atoms with Gasteiger partial charge in [-0.1, -0.05) is 13.3 Å². The third kappa shape index (κ3) is 2.11. The molecular formula is C12H13BrO4. The van der Waals surface area contributed by atoms with Crippen molar-refractivity contribution >= 4 is 21.9 Å². The van der Waals surface area contributed by atoms with E-state index in [1.807, 2.05) is 6.92 Å². The van der Waals surface area contributed by atoms with E-state index in [0.29, 0.717) is 12.0 Å². The molecule has 1 aromatic rings. The van der Waals surface area contributed by atoms with Crippen molar-refractivity contribution in [3.05, 3.63) is 21.7 Å². The quantitative estimate of drug-likeness (QED) is 0.824. The molecule has 0 radical (unpaired) electrons. The first-order chi connectivity index (χ1) is 8.04. The summed E-state index contributed by atoms with van der Waals surface area (Å²) in [6.45, 7) is 2.01. The number of phenols is 2. The van der Waals surface area contributed by atoms with Gasteiger partial charge in [0.1, 0.15) is 27.6 Å². The average molecular weight is 301 g/mol. The first kappa shape index (κ1) is 12.2. The van der Waals surface area contributed by atoms with Gasteiger partial charge < -0.3 is 14.9 Å². The minimum Gasteiger partial charge on any atom is -0.507 e. The first-order valence-electron chi connectivity index (χ1n) is 5.48. The summed E-state index contributed by atoms with van der Waals surface area (Å²) < 4.78 is 5.35. The molecule has 0 spiro atoms. The zero-order valence-corrected chi connectivity index (χ0v) is 11.0. The number of phenolic OH excluding ortho intramolecular Hbond substituents is 2. The van der Waals surface area contributed by atoms with E-state index >= 15 is 0 Å². The molecule has 0 fully saturated rings. The molecule has 1 aromatic carbocycles. The Morgan fingerprint density at radius 3 is 2.88 bits per heavy atom. The van der Waals surface area contributed by atoms with Crippen molar-refractivity contribution in [2.24, 2.45) is 0 Å². The maximum atomic E-state index is 11.8. The largest absolute Gasteiger partial charge is 0.507 e. The fourth-order valence-corrected chi connectivity index (χ4v) is 2.37.